The summed E-state index contributed by atoms with van der Waals surface area (Å²) in [5.74, 6) is 0. The van der Waals surface area contributed by atoms with Crippen molar-refractivity contribution in [2.75, 3.05) is 13.2 Å². The Morgan fingerprint density at radius 1 is 1.14 bits per heavy atom. The van der Waals surface area contributed by atoms with Gasteiger partial charge in [0, 0.05) is 13.2 Å². The van der Waals surface area contributed by atoms with E-state index in [1.165, 1.54) is 0 Å². The molecule has 88 valence electrons. The zero-order valence-electron chi connectivity index (χ0n) is 7.73. The second-order valence-electron chi connectivity index (χ2n) is 1.54. The first-order chi connectivity index (χ1) is 6.15. The Hall–Kier alpha value is -0.0751. The largest absolute Gasteiger partial charge is 0.762 e. The lowest BCUT2D eigenvalue weighted by Gasteiger charge is -1.86. The Kier molecular flexibility index (Phi) is 18.0. The van der Waals surface area contributed by atoms with E-state index in [-0.39, 0.29) is 0 Å². The fraction of sp³-hybridized carbons (Fsp3) is 1.00. The number of rotatable bonds is 2. The molecule has 0 unspecified atom stereocenters. The van der Waals surface area contributed by atoms with Crippen LogP contribution in [0.3, 0.4) is 0 Å². The van der Waals surface area contributed by atoms with E-state index in [1.54, 1.807) is 0 Å². The molecule has 0 radical (unpaired) electrons. The minimum atomic E-state index is -4.64. The summed E-state index contributed by atoms with van der Waals surface area (Å²) in [5.41, 5.74) is 0. The van der Waals surface area contributed by atoms with Gasteiger partial charge in [-0.3, -0.25) is 12.9 Å². The van der Waals surface area contributed by atoms with Crippen molar-refractivity contribution in [1.29, 1.82) is 0 Å². The first-order valence-corrected chi connectivity index (χ1v) is 4.99. The van der Waals surface area contributed by atoms with E-state index in [0.717, 1.165) is 13.2 Å². The molecule has 0 spiro atoms. The third-order valence-electron chi connectivity index (χ3n) is 0.408. The highest BCUT2D eigenvalue weighted by Gasteiger charge is 2.06. The van der Waals surface area contributed by atoms with Crippen LogP contribution < -0.4 is 0 Å². The second-order valence-corrected chi connectivity index (χ2v) is 2.57. The van der Waals surface area contributed by atoms with Crippen molar-refractivity contribution in [3.8, 4) is 0 Å². The molecule has 0 fully saturated rings. The molecule has 0 amide bonds. The van der Waals surface area contributed by atoms with Crippen molar-refractivity contribution in [1.82, 2.24) is 0 Å². The lowest BCUT2D eigenvalue weighted by atomic mass is 10.5. The van der Waals surface area contributed by atoms with Crippen molar-refractivity contribution in [2.24, 2.45) is 0 Å². The molecule has 5 nitrogen and oxygen atoms in total. The number of hydrogen-bond acceptors (Lipinski definition) is 2. The van der Waals surface area contributed by atoms with E-state index in [4.69, 9.17) is 24.0 Å². The summed E-state index contributed by atoms with van der Waals surface area (Å²) >= 11 is 0. The molecule has 0 saturated heterocycles. The molecule has 10 heteroatoms. The number of hydrogen-bond donors (Lipinski definition) is 3. The summed E-state index contributed by atoms with van der Waals surface area (Å²) in [6.45, 7) is 5.67. The maximum Gasteiger partial charge on any atom is 0.762 e. The average molecular weight is 240 g/mol. The minimum Gasteiger partial charge on any atom is -0.382 e. The predicted octanol–water partition coefficient (Wildman–Crippen LogP) is 0.994. The lowest BCUT2D eigenvalue weighted by molar-refractivity contribution is 0.162. The van der Waals surface area contributed by atoms with Gasteiger partial charge in [-0.25, -0.2) is 4.57 Å². The Morgan fingerprint density at radius 3 is 1.29 bits per heavy atom. The molecule has 0 bridgehead atoms. The first-order valence-electron chi connectivity index (χ1n) is 3.43. The summed E-state index contributed by atoms with van der Waals surface area (Å²) in [6, 6.07) is 0. The van der Waals surface area contributed by atoms with Gasteiger partial charge < -0.3 is 19.4 Å². The molecule has 0 saturated carbocycles. The van der Waals surface area contributed by atoms with Crippen LogP contribution in [0.15, 0.2) is 0 Å². The van der Waals surface area contributed by atoms with Crippen molar-refractivity contribution in [3.05, 3.63) is 0 Å². The van der Waals surface area contributed by atoms with Gasteiger partial charge in [0.15, 0.2) is 0 Å². The lowest BCUT2D eigenvalue weighted by Crippen LogP contribution is -1.84. The zero-order chi connectivity index (χ0) is 12.2. The molecule has 0 aromatic heterocycles. The summed E-state index contributed by atoms with van der Waals surface area (Å²) in [7, 11) is -8.31. The SMILES string of the molecule is CCOCC.FB(F)F.O=P(O)(O)O. The molecule has 0 aliphatic rings. The van der Waals surface area contributed by atoms with Gasteiger partial charge in [0.25, 0.3) is 0 Å². The van der Waals surface area contributed by atoms with E-state index in [1.807, 2.05) is 13.8 Å². The van der Waals surface area contributed by atoms with Crippen LogP contribution in [-0.4, -0.2) is 35.4 Å². The molecule has 0 aliphatic heterocycles. The Balaban J connectivity index is -0.000000131. The normalized spacial score (nSPS) is 9.14. The van der Waals surface area contributed by atoms with E-state index >= 15 is 0 Å². The minimum absolute atomic E-state index is 0.844. The van der Waals surface area contributed by atoms with Crippen LogP contribution in [-0.2, 0) is 9.30 Å². The van der Waals surface area contributed by atoms with Gasteiger partial charge in [0.2, 0.25) is 0 Å². The van der Waals surface area contributed by atoms with Gasteiger partial charge in [-0.1, -0.05) is 0 Å². The zero-order valence-corrected chi connectivity index (χ0v) is 8.63. The van der Waals surface area contributed by atoms with E-state index < -0.39 is 15.4 Å². The highest BCUT2D eigenvalue weighted by Crippen LogP contribution is 2.25. The molecule has 0 heterocycles. The van der Waals surface area contributed by atoms with Gasteiger partial charge in [-0.05, 0) is 13.8 Å². The van der Waals surface area contributed by atoms with Gasteiger partial charge in [-0.2, -0.15) is 0 Å². The van der Waals surface area contributed by atoms with Gasteiger partial charge >= 0.3 is 15.4 Å². The van der Waals surface area contributed by atoms with Crippen LogP contribution in [0.4, 0.5) is 12.9 Å². The summed E-state index contributed by atoms with van der Waals surface area (Å²) in [6.07, 6.45) is 0. The van der Waals surface area contributed by atoms with E-state index in [2.05, 4.69) is 0 Å². The van der Waals surface area contributed by atoms with Crippen molar-refractivity contribution in [2.45, 2.75) is 13.8 Å². The van der Waals surface area contributed by atoms with Crippen molar-refractivity contribution in [3.63, 3.8) is 0 Å². The van der Waals surface area contributed by atoms with Gasteiger partial charge in [-0.15, -0.1) is 0 Å². The third-order valence-corrected chi connectivity index (χ3v) is 0.408. The van der Waals surface area contributed by atoms with Gasteiger partial charge in [0.05, 0.1) is 0 Å². The molecule has 0 rings (SSSR count). The highest BCUT2D eigenvalue weighted by atomic mass is 31.2. The maximum atomic E-state index is 9.67. The summed E-state index contributed by atoms with van der Waals surface area (Å²) < 4.78 is 42.7. The third kappa shape index (κ3) is 384. The molecule has 3 N–H and O–H groups in total. The van der Waals surface area contributed by atoms with E-state index in [9.17, 15) is 12.9 Å². The average Bonchev–Trinajstić information content (AvgIpc) is 1.83. The Bertz CT molecular complexity index is 130. The first kappa shape index (κ1) is 19.5. The number of halogens is 3. The van der Waals surface area contributed by atoms with Crippen LogP contribution in [0.1, 0.15) is 13.8 Å². The molecule has 0 aliphatic carbocycles. The Morgan fingerprint density at radius 2 is 1.29 bits per heavy atom. The van der Waals surface area contributed by atoms with Crippen LogP contribution in [0.2, 0.25) is 0 Å². The van der Waals surface area contributed by atoms with Crippen LogP contribution in [0.25, 0.3) is 0 Å². The smallest absolute Gasteiger partial charge is 0.382 e. The topological polar surface area (TPSA) is 87.0 Å². The van der Waals surface area contributed by atoms with Crippen LogP contribution >= 0.6 is 7.82 Å². The summed E-state index contributed by atoms with van der Waals surface area (Å²) in [5, 5.41) is 0. The molecule has 0 atom stereocenters. The number of phosphoric acid groups is 1. The van der Waals surface area contributed by atoms with E-state index in [0.29, 0.717) is 0 Å². The molecular weight excluding hydrogens is 227 g/mol. The van der Waals surface area contributed by atoms with Crippen molar-refractivity contribution < 1.29 is 36.9 Å². The maximum absolute atomic E-state index is 9.67. The van der Waals surface area contributed by atoms with Crippen LogP contribution in [0.5, 0.6) is 0 Å². The van der Waals surface area contributed by atoms with Crippen molar-refractivity contribution >= 4 is 15.4 Å². The molecule has 0 aromatic carbocycles. The van der Waals surface area contributed by atoms with Gasteiger partial charge in [0.1, 0.15) is 0 Å². The predicted molar refractivity (Wildman–Crippen MR) is 45.5 cm³/mol. The summed E-state index contributed by atoms with van der Waals surface area (Å²) in [4.78, 5) is 21.6. The highest BCUT2D eigenvalue weighted by molar-refractivity contribution is 7.45. The fourth-order valence-electron chi connectivity index (χ4n) is 0.204. The monoisotopic (exact) mass is 240 g/mol. The molecule has 0 aromatic rings. The number of ether oxygens (including phenoxy) is 1. The van der Waals surface area contributed by atoms with Crippen LogP contribution in [0, 0.1) is 0 Å². The molecule has 14 heavy (non-hydrogen) atoms. The standard InChI is InChI=1S/C4H10O.BF3.H3O4P/c1-3-5-4-2;2-1(3)4;1-5(2,3)4/h3-4H2,1-2H3;;(H3,1,2,3,4). The Labute approximate surface area is 80.4 Å². The quantitative estimate of drug-likeness (QED) is 0.494. The second kappa shape index (κ2) is 12.9. The fourth-order valence-corrected chi connectivity index (χ4v) is 0.204. The molecular formula is C4H13BF3O5P.